The average molecular weight is 196 g/mol. The number of Topliss-reactive ketones (excluding diaryl/α,β-unsaturated/α-hetero) is 1. The Kier molecular flexibility index (Phi) is 4.71. The zero-order chi connectivity index (χ0) is 10.4. The Hall–Kier alpha value is -0.790. The summed E-state index contributed by atoms with van der Waals surface area (Å²) in [4.78, 5) is 10.9. The van der Waals surface area contributed by atoms with Gasteiger partial charge in [0.2, 0.25) is 0 Å². The van der Waals surface area contributed by atoms with Crippen molar-refractivity contribution >= 4 is 5.78 Å². The molecule has 0 N–H and O–H groups in total. The molecule has 0 aromatic rings. The Morgan fingerprint density at radius 3 is 3.00 bits per heavy atom. The first-order valence-corrected chi connectivity index (χ1v) is 5.45. The lowest BCUT2D eigenvalue weighted by molar-refractivity contribution is -0.117. The molecule has 0 aromatic carbocycles. The summed E-state index contributed by atoms with van der Waals surface area (Å²) in [6.45, 7) is 1.67. The predicted molar refractivity (Wildman–Crippen MR) is 57.0 cm³/mol. The molecule has 0 amide bonds. The maximum Gasteiger partial charge on any atom is 0.129 e. The van der Waals surface area contributed by atoms with Gasteiger partial charge in [0.05, 0.1) is 13.4 Å². The molecular formula is C12H20O2. The van der Waals surface area contributed by atoms with Crippen LogP contribution in [0.3, 0.4) is 0 Å². The Morgan fingerprint density at radius 1 is 1.57 bits per heavy atom. The quantitative estimate of drug-likeness (QED) is 0.646. The number of hydrogen-bond acceptors (Lipinski definition) is 2. The lowest BCUT2D eigenvalue weighted by Gasteiger charge is -2.24. The lowest BCUT2D eigenvalue weighted by Crippen LogP contribution is -2.11. The van der Waals surface area contributed by atoms with E-state index in [1.54, 1.807) is 14.0 Å². The largest absolute Gasteiger partial charge is 0.504 e. The third-order valence-corrected chi connectivity index (χ3v) is 2.91. The standard InChI is InChI=1S/C12H20O2/c1-10(13)7-8-11-5-3-4-6-12(11)9-14-2/h9,11H,3-8H2,1-2H3/b12-9-/t11-/m0/s1. The third kappa shape index (κ3) is 3.52. The van der Waals surface area contributed by atoms with E-state index >= 15 is 0 Å². The molecule has 1 aliphatic rings. The molecule has 0 aliphatic heterocycles. The highest BCUT2D eigenvalue weighted by Gasteiger charge is 2.19. The van der Waals surface area contributed by atoms with Crippen LogP contribution in [0.15, 0.2) is 11.8 Å². The van der Waals surface area contributed by atoms with E-state index in [9.17, 15) is 4.79 Å². The molecular weight excluding hydrogens is 176 g/mol. The molecule has 2 nitrogen and oxygen atoms in total. The Labute approximate surface area is 86.3 Å². The number of rotatable bonds is 4. The van der Waals surface area contributed by atoms with Crippen LogP contribution in [0.25, 0.3) is 0 Å². The molecule has 0 spiro atoms. The van der Waals surface area contributed by atoms with E-state index in [4.69, 9.17) is 4.74 Å². The molecule has 1 fully saturated rings. The van der Waals surface area contributed by atoms with Crippen molar-refractivity contribution in [3.63, 3.8) is 0 Å². The highest BCUT2D eigenvalue weighted by Crippen LogP contribution is 2.32. The molecule has 1 rings (SSSR count). The summed E-state index contributed by atoms with van der Waals surface area (Å²) >= 11 is 0. The summed E-state index contributed by atoms with van der Waals surface area (Å²) in [5.74, 6) is 0.889. The second kappa shape index (κ2) is 5.84. The molecule has 0 bridgehead atoms. The molecule has 14 heavy (non-hydrogen) atoms. The summed E-state index contributed by atoms with van der Waals surface area (Å²) in [7, 11) is 1.70. The van der Waals surface area contributed by atoms with Gasteiger partial charge < -0.3 is 9.53 Å². The first-order valence-electron chi connectivity index (χ1n) is 5.45. The number of methoxy groups -OCH3 is 1. The van der Waals surface area contributed by atoms with Crippen LogP contribution in [0.1, 0.15) is 45.4 Å². The smallest absolute Gasteiger partial charge is 0.129 e. The van der Waals surface area contributed by atoms with Gasteiger partial charge in [0.15, 0.2) is 0 Å². The summed E-state index contributed by atoms with van der Waals surface area (Å²) in [5.41, 5.74) is 1.40. The van der Waals surface area contributed by atoms with Crippen LogP contribution in [-0.4, -0.2) is 12.9 Å². The molecule has 0 heterocycles. The zero-order valence-corrected chi connectivity index (χ0v) is 9.21. The predicted octanol–water partition coefficient (Wildman–Crippen LogP) is 3.08. The average Bonchev–Trinajstić information content (AvgIpc) is 2.17. The van der Waals surface area contributed by atoms with Crippen molar-refractivity contribution in [1.29, 1.82) is 0 Å². The van der Waals surface area contributed by atoms with E-state index < -0.39 is 0 Å². The van der Waals surface area contributed by atoms with Crippen molar-refractivity contribution in [3.05, 3.63) is 11.8 Å². The summed E-state index contributed by atoms with van der Waals surface area (Å²) in [6, 6.07) is 0. The van der Waals surface area contributed by atoms with Gasteiger partial charge >= 0.3 is 0 Å². The molecule has 1 atom stereocenters. The lowest BCUT2D eigenvalue weighted by atomic mass is 9.82. The van der Waals surface area contributed by atoms with Gasteiger partial charge in [-0.3, -0.25) is 0 Å². The molecule has 0 saturated heterocycles. The highest BCUT2D eigenvalue weighted by molar-refractivity contribution is 5.75. The first kappa shape index (κ1) is 11.3. The van der Waals surface area contributed by atoms with Gasteiger partial charge in [0.25, 0.3) is 0 Å². The third-order valence-electron chi connectivity index (χ3n) is 2.91. The minimum Gasteiger partial charge on any atom is -0.504 e. The van der Waals surface area contributed by atoms with Gasteiger partial charge in [0, 0.05) is 6.42 Å². The normalized spacial score (nSPS) is 25.0. The van der Waals surface area contributed by atoms with Crippen LogP contribution >= 0.6 is 0 Å². The van der Waals surface area contributed by atoms with E-state index in [-0.39, 0.29) is 0 Å². The van der Waals surface area contributed by atoms with E-state index in [0.29, 0.717) is 18.1 Å². The fourth-order valence-electron chi connectivity index (χ4n) is 2.12. The number of allylic oxidation sites excluding steroid dienone is 1. The van der Waals surface area contributed by atoms with Gasteiger partial charge in [-0.05, 0) is 44.1 Å². The number of hydrogen-bond donors (Lipinski definition) is 0. The monoisotopic (exact) mass is 196 g/mol. The maximum atomic E-state index is 10.9. The van der Waals surface area contributed by atoms with Crippen LogP contribution in [0.2, 0.25) is 0 Å². The minimum atomic E-state index is 0.298. The topological polar surface area (TPSA) is 26.3 Å². The SMILES string of the molecule is CO/C=C1/CCCC[C@H]1CCC(C)=O. The highest BCUT2D eigenvalue weighted by atomic mass is 16.5. The van der Waals surface area contributed by atoms with Crippen molar-refractivity contribution < 1.29 is 9.53 Å². The second-order valence-corrected chi connectivity index (χ2v) is 4.11. The van der Waals surface area contributed by atoms with Crippen molar-refractivity contribution in [3.8, 4) is 0 Å². The van der Waals surface area contributed by atoms with Crippen LogP contribution < -0.4 is 0 Å². The molecule has 1 aliphatic carbocycles. The van der Waals surface area contributed by atoms with Gasteiger partial charge in [-0.15, -0.1) is 0 Å². The van der Waals surface area contributed by atoms with Crippen LogP contribution in [0, 0.1) is 5.92 Å². The number of carbonyl (C=O) groups is 1. The molecule has 0 unspecified atom stereocenters. The van der Waals surface area contributed by atoms with Crippen LogP contribution in [-0.2, 0) is 9.53 Å². The van der Waals surface area contributed by atoms with Crippen molar-refractivity contribution in [2.24, 2.45) is 5.92 Å². The molecule has 0 aromatic heterocycles. The zero-order valence-electron chi connectivity index (χ0n) is 9.21. The number of ether oxygens (including phenoxy) is 1. The van der Waals surface area contributed by atoms with Gasteiger partial charge in [-0.2, -0.15) is 0 Å². The summed E-state index contributed by atoms with van der Waals surface area (Å²) in [6.07, 6.45) is 8.54. The fourth-order valence-corrected chi connectivity index (χ4v) is 2.12. The van der Waals surface area contributed by atoms with E-state index in [2.05, 4.69) is 0 Å². The van der Waals surface area contributed by atoms with Gasteiger partial charge in [0.1, 0.15) is 5.78 Å². The Balaban J connectivity index is 2.46. The van der Waals surface area contributed by atoms with Crippen LogP contribution in [0.5, 0.6) is 0 Å². The van der Waals surface area contributed by atoms with E-state index in [1.165, 1.54) is 24.8 Å². The number of ketones is 1. The molecule has 80 valence electrons. The van der Waals surface area contributed by atoms with Gasteiger partial charge in [-0.1, -0.05) is 6.42 Å². The Morgan fingerprint density at radius 2 is 2.36 bits per heavy atom. The van der Waals surface area contributed by atoms with Crippen molar-refractivity contribution in [1.82, 2.24) is 0 Å². The Bertz CT molecular complexity index is 218. The van der Waals surface area contributed by atoms with Crippen LogP contribution in [0.4, 0.5) is 0 Å². The first-order chi connectivity index (χ1) is 6.74. The summed E-state index contributed by atoms with van der Waals surface area (Å²) in [5, 5.41) is 0. The molecule has 2 heteroatoms. The fraction of sp³-hybridized carbons (Fsp3) is 0.750. The van der Waals surface area contributed by atoms with Crippen molar-refractivity contribution in [2.45, 2.75) is 45.4 Å². The van der Waals surface area contributed by atoms with Crippen molar-refractivity contribution in [2.75, 3.05) is 7.11 Å². The molecule has 1 saturated carbocycles. The number of carbonyl (C=O) groups excluding carboxylic acids is 1. The van der Waals surface area contributed by atoms with Gasteiger partial charge in [-0.25, -0.2) is 0 Å². The van der Waals surface area contributed by atoms with E-state index in [1.807, 2.05) is 6.26 Å². The molecule has 0 radical (unpaired) electrons. The maximum absolute atomic E-state index is 10.9. The minimum absolute atomic E-state index is 0.298. The van der Waals surface area contributed by atoms with E-state index in [0.717, 1.165) is 12.8 Å². The summed E-state index contributed by atoms with van der Waals surface area (Å²) < 4.78 is 5.07. The second-order valence-electron chi connectivity index (χ2n) is 4.11.